The third-order valence-corrected chi connectivity index (χ3v) is 3.68. The van der Waals surface area contributed by atoms with Crippen molar-refractivity contribution in [1.82, 2.24) is 15.3 Å². The second-order valence-corrected chi connectivity index (χ2v) is 5.18. The summed E-state index contributed by atoms with van der Waals surface area (Å²) in [6.45, 7) is 2.81. The first-order valence-corrected chi connectivity index (χ1v) is 7.33. The quantitative estimate of drug-likeness (QED) is 0.627. The molecule has 1 aromatic rings. The molecule has 106 valence electrons. The summed E-state index contributed by atoms with van der Waals surface area (Å²) in [6, 6.07) is 1.98. The molecule has 0 atom stereocenters. The van der Waals surface area contributed by atoms with Crippen molar-refractivity contribution in [2.24, 2.45) is 5.92 Å². The SMILES string of the molecule is CNCCNc1cc(NCCC2CCCC2)ncn1. The van der Waals surface area contributed by atoms with Gasteiger partial charge in [0.25, 0.3) is 0 Å². The third-order valence-electron chi connectivity index (χ3n) is 3.68. The molecule has 0 radical (unpaired) electrons. The molecule has 1 heterocycles. The molecule has 1 saturated carbocycles. The second kappa shape index (κ2) is 7.94. The second-order valence-electron chi connectivity index (χ2n) is 5.18. The molecule has 0 unspecified atom stereocenters. The van der Waals surface area contributed by atoms with E-state index in [0.29, 0.717) is 0 Å². The van der Waals surface area contributed by atoms with Crippen molar-refractivity contribution in [1.29, 1.82) is 0 Å². The summed E-state index contributed by atoms with van der Waals surface area (Å²) in [7, 11) is 1.94. The smallest absolute Gasteiger partial charge is 0.131 e. The van der Waals surface area contributed by atoms with Gasteiger partial charge in [0, 0.05) is 25.7 Å². The monoisotopic (exact) mass is 263 g/mol. The van der Waals surface area contributed by atoms with E-state index in [0.717, 1.165) is 37.2 Å². The van der Waals surface area contributed by atoms with Crippen molar-refractivity contribution < 1.29 is 0 Å². The van der Waals surface area contributed by atoms with Crippen molar-refractivity contribution in [3.05, 3.63) is 12.4 Å². The van der Waals surface area contributed by atoms with Gasteiger partial charge in [0.1, 0.15) is 18.0 Å². The average molecular weight is 263 g/mol. The maximum atomic E-state index is 4.25. The number of likely N-dealkylation sites (N-methyl/N-ethyl adjacent to an activating group) is 1. The standard InChI is InChI=1S/C14H25N5/c1-15-8-9-17-14-10-13(18-11-19-14)16-7-6-12-4-2-3-5-12/h10-12,15H,2-9H2,1H3,(H2,16,17,18,19). The van der Waals surface area contributed by atoms with E-state index >= 15 is 0 Å². The van der Waals surface area contributed by atoms with Gasteiger partial charge in [-0.1, -0.05) is 25.7 Å². The van der Waals surface area contributed by atoms with Gasteiger partial charge >= 0.3 is 0 Å². The van der Waals surface area contributed by atoms with Crippen molar-refractivity contribution in [3.8, 4) is 0 Å². The Labute approximate surface area is 115 Å². The van der Waals surface area contributed by atoms with Crippen LogP contribution in [-0.4, -0.2) is 36.6 Å². The number of rotatable bonds is 8. The van der Waals surface area contributed by atoms with E-state index in [9.17, 15) is 0 Å². The van der Waals surface area contributed by atoms with Crippen molar-refractivity contribution in [3.63, 3.8) is 0 Å². The molecule has 1 aliphatic rings. The molecule has 0 aliphatic heterocycles. The highest BCUT2D eigenvalue weighted by Crippen LogP contribution is 2.27. The van der Waals surface area contributed by atoms with Gasteiger partial charge < -0.3 is 16.0 Å². The fourth-order valence-electron chi connectivity index (χ4n) is 2.57. The molecule has 3 N–H and O–H groups in total. The Hall–Kier alpha value is -1.36. The molecule has 1 aromatic heterocycles. The van der Waals surface area contributed by atoms with Crippen LogP contribution in [0.1, 0.15) is 32.1 Å². The van der Waals surface area contributed by atoms with Gasteiger partial charge in [-0.3, -0.25) is 0 Å². The molecule has 1 aliphatic carbocycles. The largest absolute Gasteiger partial charge is 0.370 e. The van der Waals surface area contributed by atoms with E-state index in [-0.39, 0.29) is 0 Å². The molecule has 0 aromatic carbocycles. The minimum Gasteiger partial charge on any atom is -0.370 e. The maximum absolute atomic E-state index is 4.25. The minimum atomic E-state index is 0.870. The first kappa shape index (κ1) is 14.1. The van der Waals surface area contributed by atoms with Gasteiger partial charge in [0.05, 0.1) is 0 Å². The van der Waals surface area contributed by atoms with Crippen LogP contribution in [0.5, 0.6) is 0 Å². The number of aromatic nitrogens is 2. The van der Waals surface area contributed by atoms with E-state index in [4.69, 9.17) is 0 Å². The molecule has 0 amide bonds. The summed E-state index contributed by atoms with van der Waals surface area (Å²) in [4.78, 5) is 8.46. The van der Waals surface area contributed by atoms with Gasteiger partial charge in [-0.05, 0) is 19.4 Å². The minimum absolute atomic E-state index is 0.870. The van der Waals surface area contributed by atoms with Crippen molar-refractivity contribution in [2.75, 3.05) is 37.3 Å². The van der Waals surface area contributed by atoms with E-state index in [2.05, 4.69) is 25.9 Å². The van der Waals surface area contributed by atoms with Crippen LogP contribution in [0.25, 0.3) is 0 Å². The van der Waals surface area contributed by atoms with Gasteiger partial charge in [-0.15, -0.1) is 0 Å². The highest BCUT2D eigenvalue weighted by atomic mass is 15.1. The Morgan fingerprint density at radius 2 is 1.74 bits per heavy atom. The van der Waals surface area contributed by atoms with Crippen molar-refractivity contribution >= 4 is 11.6 Å². The molecule has 0 bridgehead atoms. The Morgan fingerprint density at radius 3 is 2.42 bits per heavy atom. The van der Waals surface area contributed by atoms with E-state index in [1.54, 1.807) is 6.33 Å². The van der Waals surface area contributed by atoms with Crippen LogP contribution in [0.3, 0.4) is 0 Å². The molecule has 0 saturated heterocycles. The number of nitrogens with zero attached hydrogens (tertiary/aromatic N) is 2. The Bertz CT molecular complexity index is 363. The van der Waals surface area contributed by atoms with Gasteiger partial charge in [0.2, 0.25) is 0 Å². The topological polar surface area (TPSA) is 61.9 Å². The number of hydrogen-bond donors (Lipinski definition) is 3. The summed E-state index contributed by atoms with van der Waals surface area (Å²) >= 11 is 0. The zero-order valence-electron chi connectivity index (χ0n) is 11.8. The lowest BCUT2D eigenvalue weighted by molar-refractivity contribution is 0.518. The van der Waals surface area contributed by atoms with Gasteiger partial charge in [-0.2, -0.15) is 0 Å². The van der Waals surface area contributed by atoms with E-state index in [1.807, 2.05) is 13.1 Å². The van der Waals surface area contributed by atoms with Crippen LogP contribution in [0.15, 0.2) is 12.4 Å². The van der Waals surface area contributed by atoms with Crippen LogP contribution in [0, 0.1) is 5.92 Å². The first-order valence-electron chi connectivity index (χ1n) is 7.33. The molecule has 19 heavy (non-hydrogen) atoms. The predicted octanol–water partition coefficient (Wildman–Crippen LogP) is 2.10. The zero-order valence-corrected chi connectivity index (χ0v) is 11.8. The predicted molar refractivity (Wildman–Crippen MR) is 79.5 cm³/mol. The van der Waals surface area contributed by atoms with Crippen LogP contribution < -0.4 is 16.0 Å². The summed E-state index contributed by atoms with van der Waals surface area (Å²) in [5, 5.41) is 9.76. The number of anilines is 2. The highest BCUT2D eigenvalue weighted by molar-refractivity contribution is 5.46. The van der Waals surface area contributed by atoms with Crippen molar-refractivity contribution in [2.45, 2.75) is 32.1 Å². The van der Waals surface area contributed by atoms with E-state index in [1.165, 1.54) is 32.1 Å². The van der Waals surface area contributed by atoms with Crippen LogP contribution >= 0.6 is 0 Å². The molecular weight excluding hydrogens is 238 g/mol. The summed E-state index contributed by atoms with van der Waals surface area (Å²) < 4.78 is 0. The van der Waals surface area contributed by atoms with Crippen LogP contribution in [-0.2, 0) is 0 Å². The number of hydrogen-bond acceptors (Lipinski definition) is 5. The van der Waals surface area contributed by atoms with Crippen LogP contribution in [0.2, 0.25) is 0 Å². The Kier molecular flexibility index (Phi) is 5.88. The fraction of sp³-hybridized carbons (Fsp3) is 0.714. The lowest BCUT2D eigenvalue weighted by Gasteiger charge is -2.11. The lowest BCUT2D eigenvalue weighted by Crippen LogP contribution is -2.18. The molecule has 2 rings (SSSR count). The van der Waals surface area contributed by atoms with E-state index < -0.39 is 0 Å². The molecule has 1 fully saturated rings. The number of nitrogens with one attached hydrogen (secondary N) is 3. The Morgan fingerprint density at radius 1 is 1.05 bits per heavy atom. The zero-order chi connectivity index (χ0) is 13.3. The lowest BCUT2D eigenvalue weighted by atomic mass is 10.0. The first-order chi connectivity index (χ1) is 9.38. The highest BCUT2D eigenvalue weighted by Gasteiger charge is 2.14. The molecule has 5 nitrogen and oxygen atoms in total. The summed E-state index contributed by atoms with van der Waals surface area (Å²) in [5.74, 6) is 2.72. The normalized spacial score (nSPS) is 15.6. The van der Waals surface area contributed by atoms with Crippen LogP contribution in [0.4, 0.5) is 11.6 Å². The molecule has 0 spiro atoms. The van der Waals surface area contributed by atoms with Gasteiger partial charge in [-0.25, -0.2) is 9.97 Å². The molecule has 5 heteroatoms. The fourth-order valence-corrected chi connectivity index (χ4v) is 2.57. The van der Waals surface area contributed by atoms with Gasteiger partial charge in [0.15, 0.2) is 0 Å². The maximum Gasteiger partial charge on any atom is 0.131 e. The molecular formula is C14H25N5. The Balaban J connectivity index is 1.71. The summed E-state index contributed by atoms with van der Waals surface area (Å²) in [5.41, 5.74) is 0. The third kappa shape index (κ3) is 5.03. The average Bonchev–Trinajstić information content (AvgIpc) is 2.93. The summed E-state index contributed by atoms with van der Waals surface area (Å²) in [6.07, 6.45) is 8.51.